The van der Waals surface area contributed by atoms with E-state index < -0.39 is 5.60 Å². The molecule has 5 nitrogen and oxygen atoms in total. The van der Waals surface area contributed by atoms with Crippen molar-refractivity contribution in [3.63, 3.8) is 0 Å². The van der Waals surface area contributed by atoms with Crippen LogP contribution in [0.3, 0.4) is 0 Å². The molecule has 0 bridgehead atoms. The lowest BCUT2D eigenvalue weighted by atomic mass is 9.85. The number of carbonyl (C=O) groups excluding carboxylic acids is 2. The number of carbonyl (C=O) groups is 2. The minimum Gasteiger partial charge on any atom is -0.486 e. The molecule has 0 atom stereocenters. The van der Waals surface area contributed by atoms with Gasteiger partial charge in [0, 0.05) is 17.5 Å². The largest absolute Gasteiger partial charge is 0.486 e. The van der Waals surface area contributed by atoms with Crippen LogP contribution in [0.2, 0.25) is 0 Å². The summed E-state index contributed by atoms with van der Waals surface area (Å²) in [5, 5.41) is 0. The highest BCUT2D eigenvalue weighted by Crippen LogP contribution is 2.39. The third-order valence-corrected chi connectivity index (χ3v) is 5.83. The van der Waals surface area contributed by atoms with Gasteiger partial charge < -0.3 is 9.15 Å². The van der Waals surface area contributed by atoms with Gasteiger partial charge in [-0.05, 0) is 43.5 Å². The van der Waals surface area contributed by atoms with E-state index in [0.717, 1.165) is 29.5 Å². The lowest BCUT2D eigenvalue weighted by molar-refractivity contribution is -0.116. The lowest BCUT2D eigenvalue weighted by Crippen LogP contribution is -2.40. The summed E-state index contributed by atoms with van der Waals surface area (Å²) in [7, 11) is 0. The molecule has 2 aromatic carbocycles. The van der Waals surface area contributed by atoms with Gasteiger partial charge in [0.15, 0.2) is 5.78 Å². The average Bonchev–Trinajstić information content (AvgIpc) is 3.24. The molecule has 0 saturated heterocycles. The van der Waals surface area contributed by atoms with Gasteiger partial charge in [-0.1, -0.05) is 38.1 Å². The van der Waals surface area contributed by atoms with Crippen LogP contribution < -0.4 is 4.74 Å². The molecule has 0 amide bonds. The van der Waals surface area contributed by atoms with Crippen molar-refractivity contribution >= 4 is 11.6 Å². The topological polar surface area (TPSA) is 69.4 Å². The van der Waals surface area contributed by atoms with E-state index in [9.17, 15) is 9.59 Å². The van der Waals surface area contributed by atoms with E-state index in [2.05, 4.69) is 18.8 Å². The standard InChI is InChI=1S/C25H25NO4/c1-4-25(5-2)14-22(28)20-13-19(10-11-23(20)30-25)24-26-21(15-29-24)18-8-6-17(7-9-18)12-16(3)27/h6-11,13,15H,4-5,12,14H2,1-3H3. The molecule has 4 rings (SSSR count). The Bertz CT molecular complexity index is 1090. The summed E-state index contributed by atoms with van der Waals surface area (Å²) in [5.41, 5.74) is 3.50. The van der Waals surface area contributed by atoms with Crippen molar-refractivity contribution in [3.05, 3.63) is 59.9 Å². The summed E-state index contributed by atoms with van der Waals surface area (Å²) in [5.74, 6) is 1.31. The van der Waals surface area contributed by atoms with Gasteiger partial charge in [-0.2, -0.15) is 0 Å². The minimum absolute atomic E-state index is 0.0923. The Morgan fingerprint density at radius 2 is 1.77 bits per heavy atom. The van der Waals surface area contributed by atoms with Crippen LogP contribution in [0.5, 0.6) is 5.75 Å². The molecular formula is C25H25NO4. The number of ether oxygens (including phenoxy) is 1. The van der Waals surface area contributed by atoms with E-state index in [1.54, 1.807) is 19.3 Å². The number of Topliss-reactive ketones (excluding diaryl/α,β-unsaturated/α-hetero) is 2. The average molecular weight is 403 g/mol. The van der Waals surface area contributed by atoms with Gasteiger partial charge in [0.05, 0.1) is 12.0 Å². The van der Waals surface area contributed by atoms with Crippen LogP contribution in [0.25, 0.3) is 22.7 Å². The van der Waals surface area contributed by atoms with E-state index in [1.165, 1.54) is 0 Å². The lowest BCUT2D eigenvalue weighted by Gasteiger charge is -2.36. The maximum atomic E-state index is 12.8. The number of rotatable bonds is 6. The Morgan fingerprint density at radius 1 is 1.07 bits per heavy atom. The third kappa shape index (κ3) is 3.80. The zero-order valence-corrected chi connectivity index (χ0v) is 17.5. The Hall–Kier alpha value is -3.21. The van der Waals surface area contributed by atoms with Crippen LogP contribution in [0.4, 0.5) is 0 Å². The molecule has 0 N–H and O–H groups in total. The molecule has 0 aliphatic carbocycles. The summed E-state index contributed by atoms with van der Waals surface area (Å²) in [6, 6.07) is 13.2. The van der Waals surface area contributed by atoms with Crippen LogP contribution >= 0.6 is 0 Å². The molecule has 1 aliphatic rings. The van der Waals surface area contributed by atoms with Crippen LogP contribution in [0.1, 0.15) is 56.0 Å². The van der Waals surface area contributed by atoms with Crippen molar-refractivity contribution in [3.8, 4) is 28.5 Å². The molecular weight excluding hydrogens is 378 g/mol. The van der Waals surface area contributed by atoms with E-state index in [4.69, 9.17) is 9.15 Å². The predicted molar refractivity (Wildman–Crippen MR) is 115 cm³/mol. The Labute approximate surface area is 176 Å². The monoisotopic (exact) mass is 403 g/mol. The zero-order valence-electron chi connectivity index (χ0n) is 17.5. The summed E-state index contributed by atoms with van der Waals surface area (Å²) in [6.45, 7) is 5.69. The van der Waals surface area contributed by atoms with Gasteiger partial charge in [-0.3, -0.25) is 9.59 Å². The highest BCUT2D eigenvalue weighted by atomic mass is 16.5. The second-order valence-electron chi connectivity index (χ2n) is 7.92. The fourth-order valence-electron chi connectivity index (χ4n) is 3.89. The predicted octanol–water partition coefficient (Wildman–Crippen LogP) is 5.66. The number of ketones is 2. The first-order valence-corrected chi connectivity index (χ1v) is 10.3. The highest BCUT2D eigenvalue weighted by Gasteiger charge is 2.37. The first-order chi connectivity index (χ1) is 14.4. The molecule has 1 aromatic heterocycles. The second-order valence-corrected chi connectivity index (χ2v) is 7.92. The molecule has 154 valence electrons. The van der Waals surface area contributed by atoms with Gasteiger partial charge in [-0.25, -0.2) is 4.98 Å². The van der Waals surface area contributed by atoms with Crippen LogP contribution in [-0.4, -0.2) is 22.2 Å². The fraction of sp³-hybridized carbons (Fsp3) is 0.320. The van der Waals surface area contributed by atoms with Gasteiger partial charge in [0.2, 0.25) is 5.89 Å². The number of hydrogen-bond donors (Lipinski definition) is 0. The van der Waals surface area contributed by atoms with E-state index in [1.807, 2.05) is 36.4 Å². The third-order valence-electron chi connectivity index (χ3n) is 5.83. The molecule has 0 fully saturated rings. The molecule has 1 aliphatic heterocycles. The van der Waals surface area contributed by atoms with Gasteiger partial charge >= 0.3 is 0 Å². The van der Waals surface area contributed by atoms with E-state index in [0.29, 0.717) is 35.7 Å². The minimum atomic E-state index is -0.406. The molecule has 0 radical (unpaired) electrons. The van der Waals surface area contributed by atoms with Crippen molar-refractivity contribution < 1.29 is 18.7 Å². The number of oxazole rings is 1. The zero-order chi connectivity index (χ0) is 21.3. The quantitative estimate of drug-likeness (QED) is 0.531. The number of hydrogen-bond acceptors (Lipinski definition) is 5. The van der Waals surface area contributed by atoms with Crippen molar-refractivity contribution in [1.29, 1.82) is 0 Å². The van der Waals surface area contributed by atoms with Gasteiger partial charge in [-0.15, -0.1) is 0 Å². The first-order valence-electron chi connectivity index (χ1n) is 10.3. The summed E-state index contributed by atoms with van der Waals surface area (Å²) >= 11 is 0. The summed E-state index contributed by atoms with van der Waals surface area (Å²) in [6.07, 6.45) is 4.01. The first kappa shape index (κ1) is 20.1. The van der Waals surface area contributed by atoms with Crippen LogP contribution in [-0.2, 0) is 11.2 Å². The van der Waals surface area contributed by atoms with Gasteiger partial charge in [0.1, 0.15) is 29.1 Å². The Morgan fingerprint density at radius 3 is 2.43 bits per heavy atom. The van der Waals surface area contributed by atoms with Crippen molar-refractivity contribution in [2.24, 2.45) is 0 Å². The highest BCUT2D eigenvalue weighted by molar-refractivity contribution is 6.01. The number of fused-ring (bicyclic) bond motifs is 1. The Balaban J connectivity index is 1.59. The molecule has 30 heavy (non-hydrogen) atoms. The van der Waals surface area contributed by atoms with E-state index in [-0.39, 0.29) is 11.6 Å². The number of aromatic nitrogens is 1. The summed E-state index contributed by atoms with van der Waals surface area (Å²) < 4.78 is 11.9. The van der Waals surface area contributed by atoms with Crippen molar-refractivity contribution in [2.45, 2.75) is 52.1 Å². The molecule has 5 heteroatoms. The summed E-state index contributed by atoms with van der Waals surface area (Å²) in [4.78, 5) is 28.6. The molecule has 2 heterocycles. The van der Waals surface area contributed by atoms with Gasteiger partial charge in [0.25, 0.3) is 0 Å². The van der Waals surface area contributed by atoms with Crippen LogP contribution in [0.15, 0.2) is 53.1 Å². The molecule has 0 spiro atoms. The molecule has 0 saturated carbocycles. The molecule has 0 unspecified atom stereocenters. The maximum Gasteiger partial charge on any atom is 0.226 e. The maximum absolute atomic E-state index is 12.8. The van der Waals surface area contributed by atoms with E-state index >= 15 is 0 Å². The second kappa shape index (κ2) is 7.90. The number of nitrogens with zero attached hydrogens (tertiary/aromatic N) is 1. The van der Waals surface area contributed by atoms with Crippen molar-refractivity contribution in [1.82, 2.24) is 4.98 Å². The Kier molecular flexibility index (Phi) is 5.29. The van der Waals surface area contributed by atoms with Crippen LogP contribution in [0, 0.1) is 0 Å². The number of benzene rings is 2. The smallest absolute Gasteiger partial charge is 0.226 e. The van der Waals surface area contributed by atoms with Crippen molar-refractivity contribution in [2.75, 3.05) is 0 Å². The molecule has 3 aromatic rings. The normalized spacial score (nSPS) is 14.8. The fourth-order valence-corrected chi connectivity index (χ4v) is 3.89. The SMILES string of the molecule is CCC1(CC)CC(=O)c2cc(-c3nc(-c4ccc(CC(C)=O)cc4)co3)ccc2O1.